The van der Waals surface area contributed by atoms with Crippen LogP contribution in [0, 0.1) is 0 Å². The normalized spacial score (nSPS) is 11.8. The van der Waals surface area contributed by atoms with Gasteiger partial charge in [0, 0.05) is 6.54 Å². The van der Waals surface area contributed by atoms with Gasteiger partial charge in [-0.15, -0.1) is 6.58 Å². The van der Waals surface area contributed by atoms with Crippen molar-refractivity contribution in [3.05, 3.63) is 48.6 Å². The van der Waals surface area contributed by atoms with Gasteiger partial charge in [-0.2, -0.15) is 0 Å². The maximum atomic E-state index is 11.4. The molecule has 0 spiro atoms. The van der Waals surface area contributed by atoms with E-state index in [9.17, 15) is 4.79 Å². The van der Waals surface area contributed by atoms with Crippen LogP contribution in [0.15, 0.2) is 43.0 Å². The van der Waals surface area contributed by atoms with Gasteiger partial charge in [0.05, 0.1) is 6.04 Å². The predicted molar refractivity (Wildman–Crippen MR) is 61.3 cm³/mol. The Hall–Kier alpha value is -1.61. The molecule has 0 aliphatic carbocycles. The number of hydrogen-bond acceptors (Lipinski definition) is 2. The van der Waals surface area contributed by atoms with E-state index in [-0.39, 0.29) is 5.91 Å². The number of carbonyl (C=O) groups excluding carboxylic acids is 1. The Labute approximate surface area is 90.0 Å². The van der Waals surface area contributed by atoms with Gasteiger partial charge in [-0.1, -0.05) is 36.4 Å². The van der Waals surface area contributed by atoms with Gasteiger partial charge in [0.2, 0.25) is 5.91 Å². The summed E-state index contributed by atoms with van der Waals surface area (Å²) >= 11 is 0. The van der Waals surface area contributed by atoms with Crippen molar-refractivity contribution in [3.8, 4) is 0 Å². The summed E-state index contributed by atoms with van der Waals surface area (Å²) in [6.45, 7) is 3.98. The fourth-order valence-electron chi connectivity index (χ4n) is 1.26. The first-order valence-corrected chi connectivity index (χ1v) is 4.92. The van der Waals surface area contributed by atoms with E-state index >= 15 is 0 Å². The number of benzene rings is 1. The van der Waals surface area contributed by atoms with Crippen LogP contribution in [-0.4, -0.2) is 18.5 Å². The number of amides is 1. The van der Waals surface area contributed by atoms with Gasteiger partial charge in [0.1, 0.15) is 0 Å². The van der Waals surface area contributed by atoms with E-state index in [1.165, 1.54) is 0 Å². The van der Waals surface area contributed by atoms with Gasteiger partial charge < -0.3 is 11.1 Å². The van der Waals surface area contributed by atoms with Crippen LogP contribution in [0.2, 0.25) is 0 Å². The highest BCUT2D eigenvalue weighted by atomic mass is 16.2. The molecule has 15 heavy (non-hydrogen) atoms. The van der Waals surface area contributed by atoms with E-state index < -0.39 is 6.04 Å². The first-order chi connectivity index (χ1) is 7.24. The Morgan fingerprint density at radius 3 is 2.73 bits per heavy atom. The standard InChI is InChI=1S/C12H16N2O/c1-2-8-14-12(15)11(13)9-10-6-4-3-5-7-10/h2-7,11H,1,8-9,13H2,(H,14,15). The summed E-state index contributed by atoms with van der Waals surface area (Å²) in [5, 5.41) is 2.67. The molecule has 1 aromatic rings. The first kappa shape index (κ1) is 11.5. The summed E-state index contributed by atoms with van der Waals surface area (Å²) in [6.07, 6.45) is 2.19. The van der Waals surface area contributed by atoms with Crippen LogP contribution >= 0.6 is 0 Å². The molecule has 3 N–H and O–H groups in total. The molecule has 0 fully saturated rings. The molecular weight excluding hydrogens is 188 g/mol. The van der Waals surface area contributed by atoms with E-state index in [1.54, 1.807) is 6.08 Å². The molecule has 1 amide bonds. The van der Waals surface area contributed by atoms with E-state index in [0.29, 0.717) is 13.0 Å². The fourth-order valence-corrected chi connectivity index (χ4v) is 1.26. The lowest BCUT2D eigenvalue weighted by Crippen LogP contribution is -2.42. The van der Waals surface area contributed by atoms with E-state index in [2.05, 4.69) is 11.9 Å². The zero-order chi connectivity index (χ0) is 11.1. The molecule has 0 aliphatic rings. The lowest BCUT2D eigenvalue weighted by molar-refractivity contribution is -0.122. The Balaban J connectivity index is 2.45. The van der Waals surface area contributed by atoms with Gasteiger partial charge in [0.25, 0.3) is 0 Å². The Bertz CT molecular complexity index is 322. The van der Waals surface area contributed by atoms with Crippen LogP contribution in [-0.2, 0) is 11.2 Å². The second-order valence-electron chi connectivity index (χ2n) is 3.33. The zero-order valence-electron chi connectivity index (χ0n) is 8.65. The number of nitrogens with two attached hydrogens (primary N) is 1. The molecule has 1 atom stereocenters. The molecule has 0 radical (unpaired) electrons. The molecule has 0 saturated carbocycles. The molecule has 0 heterocycles. The van der Waals surface area contributed by atoms with Gasteiger partial charge >= 0.3 is 0 Å². The molecular formula is C12H16N2O. The quantitative estimate of drug-likeness (QED) is 0.699. The maximum absolute atomic E-state index is 11.4. The zero-order valence-corrected chi connectivity index (χ0v) is 8.65. The number of nitrogens with one attached hydrogen (secondary N) is 1. The van der Waals surface area contributed by atoms with Crippen molar-refractivity contribution in [1.82, 2.24) is 5.32 Å². The molecule has 3 heteroatoms. The monoisotopic (exact) mass is 204 g/mol. The van der Waals surface area contributed by atoms with Crippen molar-refractivity contribution in [1.29, 1.82) is 0 Å². The fraction of sp³-hybridized carbons (Fsp3) is 0.250. The van der Waals surface area contributed by atoms with Gasteiger partial charge in [-0.05, 0) is 12.0 Å². The Morgan fingerprint density at radius 1 is 1.47 bits per heavy atom. The lowest BCUT2D eigenvalue weighted by Gasteiger charge is -2.10. The minimum Gasteiger partial charge on any atom is -0.351 e. The summed E-state index contributed by atoms with van der Waals surface area (Å²) in [5.41, 5.74) is 6.81. The van der Waals surface area contributed by atoms with E-state index in [0.717, 1.165) is 5.56 Å². The molecule has 1 rings (SSSR count). The van der Waals surface area contributed by atoms with Crippen LogP contribution in [0.4, 0.5) is 0 Å². The van der Waals surface area contributed by atoms with Gasteiger partial charge in [0.15, 0.2) is 0 Å². The molecule has 80 valence electrons. The summed E-state index contributed by atoms with van der Waals surface area (Å²) in [7, 11) is 0. The van der Waals surface area contributed by atoms with Crippen LogP contribution in [0.5, 0.6) is 0 Å². The molecule has 3 nitrogen and oxygen atoms in total. The minimum absolute atomic E-state index is 0.140. The third-order valence-corrected chi connectivity index (χ3v) is 2.06. The van der Waals surface area contributed by atoms with Crippen molar-refractivity contribution in [2.75, 3.05) is 6.54 Å². The summed E-state index contributed by atoms with van der Waals surface area (Å²) < 4.78 is 0. The second kappa shape index (κ2) is 5.98. The van der Waals surface area contributed by atoms with Gasteiger partial charge in [-0.25, -0.2) is 0 Å². The highest BCUT2D eigenvalue weighted by Gasteiger charge is 2.12. The third-order valence-electron chi connectivity index (χ3n) is 2.06. The molecule has 0 saturated heterocycles. The molecule has 0 aliphatic heterocycles. The Morgan fingerprint density at radius 2 is 2.13 bits per heavy atom. The van der Waals surface area contributed by atoms with Crippen molar-refractivity contribution in [2.45, 2.75) is 12.5 Å². The van der Waals surface area contributed by atoms with Crippen LogP contribution < -0.4 is 11.1 Å². The highest BCUT2D eigenvalue weighted by Crippen LogP contribution is 2.01. The lowest BCUT2D eigenvalue weighted by atomic mass is 10.1. The van der Waals surface area contributed by atoms with Crippen LogP contribution in [0.25, 0.3) is 0 Å². The van der Waals surface area contributed by atoms with Crippen LogP contribution in [0.1, 0.15) is 5.56 Å². The number of hydrogen-bond donors (Lipinski definition) is 2. The van der Waals surface area contributed by atoms with Crippen molar-refractivity contribution in [3.63, 3.8) is 0 Å². The summed E-state index contributed by atoms with van der Waals surface area (Å²) in [4.78, 5) is 11.4. The van der Waals surface area contributed by atoms with Crippen molar-refractivity contribution >= 4 is 5.91 Å². The highest BCUT2D eigenvalue weighted by molar-refractivity contribution is 5.81. The maximum Gasteiger partial charge on any atom is 0.237 e. The third kappa shape index (κ3) is 3.95. The van der Waals surface area contributed by atoms with Gasteiger partial charge in [-0.3, -0.25) is 4.79 Å². The van der Waals surface area contributed by atoms with E-state index in [1.807, 2.05) is 30.3 Å². The summed E-state index contributed by atoms with van der Waals surface area (Å²) in [5.74, 6) is -0.140. The SMILES string of the molecule is C=CCNC(=O)C(N)Cc1ccccc1. The van der Waals surface area contributed by atoms with Crippen molar-refractivity contribution in [2.24, 2.45) is 5.73 Å². The van der Waals surface area contributed by atoms with Crippen LogP contribution in [0.3, 0.4) is 0 Å². The summed E-state index contributed by atoms with van der Waals surface area (Å²) in [6, 6.07) is 9.23. The predicted octanol–water partition coefficient (Wildman–Crippen LogP) is 0.859. The smallest absolute Gasteiger partial charge is 0.237 e. The topological polar surface area (TPSA) is 55.1 Å². The average molecular weight is 204 g/mol. The number of carbonyl (C=O) groups is 1. The molecule has 1 aromatic carbocycles. The average Bonchev–Trinajstić information content (AvgIpc) is 2.27. The molecule has 1 unspecified atom stereocenters. The molecule has 0 bridgehead atoms. The largest absolute Gasteiger partial charge is 0.351 e. The first-order valence-electron chi connectivity index (χ1n) is 4.92. The second-order valence-corrected chi connectivity index (χ2v) is 3.33. The minimum atomic E-state index is -0.493. The van der Waals surface area contributed by atoms with Crippen molar-refractivity contribution < 1.29 is 4.79 Å². The molecule has 0 aromatic heterocycles. The van der Waals surface area contributed by atoms with E-state index in [4.69, 9.17) is 5.73 Å². The Kier molecular flexibility index (Phi) is 4.57. The number of rotatable bonds is 5.